The molecule has 1 aliphatic heterocycles. The molecule has 2 atom stereocenters. The average Bonchev–Trinajstić information content (AvgIpc) is 2.99. The fourth-order valence-electron chi connectivity index (χ4n) is 3.11. The highest BCUT2D eigenvalue weighted by molar-refractivity contribution is 5.92. The van der Waals surface area contributed by atoms with E-state index in [4.69, 9.17) is 4.52 Å². The summed E-state index contributed by atoms with van der Waals surface area (Å²) >= 11 is 0. The molecule has 23 heavy (non-hydrogen) atoms. The zero-order valence-electron chi connectivity index (χ0n) is 12.8. The minimum absolute atomic E-state index is 0.156. The Bertz CT molecular complexity index is 723. The van der Waals surface area contributed by atoms with Crippen molar-refractivity contribution in [3.05, 3.63) is 29.2 Å². The largest absolute Gasteiger partial charge is 0.361 e. The lowest BCUT2D eigenvalue weighted by Gasteiger charge is -2.13. The van der Waals surface area contributed by atoms with Gasteiger partial charge in [0.15, 0.2) is 11.5 Å². The molecule has 7 nitrogen and oxygen atoms in total. The van der Waals surface area contributed by atoms with Crippen LogP contribution in [0.4, 0.5) is 4.39 Å². The van der Waals surface area contributed by atoms with Gasteiger partial charge in [0.2, 0.25) is 0 Å². The topological polar surface area (TPSA) is 87.9 Å². The minimum Gasteiger partial charge on any atom is -0.361 e. The second kappa shape index (κ2) is 5.43. The molecule has 1 saturated carbocycles. The van der Waals surface area contributed by atoms with Crippen molar-refractivity contribution in [2.24, 2.45) is 5.92 Å². The van der Waals surface area contributed by atoms with Gasteiger partial charge in [0, 0.05) is 36.9 Å². The predicted octanol–water partition coefficient (Wildman–Crippen LogP) is 1.80. The molecule has 0 unspecified atom stereocenters. The van der Waals surface area contributed by atoms with E-state index in [1.807, 2.05) is 0 Å². The van der Waals surface area contributed by atoms with Crippen molar-refractivity contribution in [2.45, 2.75) is 31.6 Å². The second-order valence-corrected chi connectivity index (χ2v) is 6.41. The van der Waals surface area contributed by atoms with E-state index in [9.17, 15) is 9.18 Å². The Morgan fingerprint density at radius 3 is 2.96 bits per heavy atom. The lowest BCUT2D eigenvalue weighted by molar-refractivity contribution is 0.0774. The SMILES string of the molecule is Cc1cc(C(=O)N2C[C@@H](CF)[C@H](c3nc(C4CC4)n[nH]3)C2)no1. The fraction of sp³-hybridized carbons (Fsp3) is 0.600. The first kappa shape index (κ1) is 14.3. The number of aromatic nitrogens is 4. The molecule has 0 spiro atoms. The van der Waals surface area contributed by atoms with Crippen LogP contribution in [0.1, 0.15) is 52.6 Å². The van der Waals surface area contributed by atoms with Crippen LogP contribution in [0.2, 0.25) is 0 Å². The number of aryl methyl sites for hydroxylation is 1. The number of carbonyl (C=O) groups is 1. The van der Waals surface area contributed by atoms with Crippen LogP contribution in [0.5, 0.6) is 0 Å². The molecule has 2 fully saturated rings. The van der Waals surface area contributed by atoms with Crippen LogP contribution in [0.25, 0.3) is 0 Å². The summed E-state index contributed by atoms with van der Waals surface area (Å²) in [7, 11) is 0. The number of hydrogen-bond acceptors (Lipinski definition) is 5. The molecule has 2 aromatic heterocycles. The molecule has 2 aliphatic rings. The Morgan fingerprint density at radius 2 is 2.30 bits per heavy atom. The van der Waals surface area contributed by atoms with Gasteiger partial charge >= 0.3 is 0 Å². The number of carbonyl (C=O) groups excluding carboxylic acids is 1. The number of amides is 1. The molecule has 122 valence electrons. The third kappa shape index (κ3) is 2.62. The molecular formula is C15H18FN5O2. The molecule has 1 N–H and O–H groups in total. The van der Waals surface area contributed by atoms with Gasteiger partial charge in [0.25, 0.3) is 5.91 Å². The number of nitrogens with zero attached hydrogens (tertiary/aromatic N) is 4. The smallest absolute Gasteiger partial charge is 0.276 e. The summed E-state index contributed by atoms with van der Waals surface area (Å²) in [4.78, 5) is 18.6. The number of likely N-dealkylation sites (tertiary alicyclic amines) is 1. The zero-order valence-corrected chi connectivity index (χ0v) is 12.8. The van der Waals surface area contributed by atoms with Gasteiger partial charge in [-0.05, 0) is 19.8 Å². The summed E-state index contributed by atoms with van der Waals surface area (Å²) in [5.41, 5.74) is 0.261. The standard InChI is InChI=1S/C15H18FN5O2/c1-8-4-12(20-23-8)15(22)21-6-10(5-16)11(7-21)14-17-13(18-19-14)9-2-3-9/h4,9-11H,2-3,5-7H2,1H3,(H,17,18,19)/t10-,11-/m1/s1. The lowest BCUT2D eigenvalue weighted by atomic mass is 9.97. The van der Waals surface area contributed by atoms with E-state index < -0.39 is 6.67 Å². The first-order valence-corrected chi connectivity index (χ1v) is 7.86. The first-order chi connectivity index (χ1) is 11.2. The molecule has 2 aromatic rings. The minimum atomic E-state index is -0.494. The Kier molecular flexibility index (Phi) is 3.39. The monoisotopic (exact) mass is 319 g/mol. The first-order valence-electron chi connectivity index (χ1n) is 7.86. The summed E-state index contributed by atoms with van der Waals surface area (Å²) in [6, 6.07) is 1.60. The van der Waals surface area contributed by atoms with Crippen LogP contribution < -0.4 is 0 Å². The number of hydrogen-bond donors (Lipinski definition) is 1. The van der Waals surface area contributed by atoms with E-state index in [0.717, 1.165) is 18.7 Å². The maximum atomic E-state index is 13.4. The molecule has 4 rings (SSSR count). The molecular weight excluding hydrogens is 301 g/mol. The van der Waals surface area contributed by atoms with Crippen molar-refractivity contribution < 1.29 is 13.7 Å². The molecule has 1 aliphatic carbocycles. The van der Waals surface area contributed by atoms with Crippen LogP contribution in [-0.2, 0) is 0 Å². The summed E-state index contributed by atoms with van der Waals surface area (Å²) in [5.74, 6) is 1.86. The van der Waals surface area contributed by atoms with Crippen molar-refractivity contribution in [2.75, 3.05) is 19.8 Å². The number of aromatic amines is 1. The van der Waals surface area contributed by atoms with Gasteiger partial charge in [0.1, 0.15) is 11.6 Å². The number of halogens is 1. The van der Waals surface area contributed by atoms with E-state index >= 15 is 0 Å². The van der Waals surface area contributed by atoms with E-state index in [-0.39, 0.29) is 23.4 Å². The molecule has 8 heteroatoms. The Hall–Kier alpha value is -2.25. The van der Waals surface area contributed by atoms with Gasteiger partial charge in [-0.2, -0.15) is 5.10 Å². The number of H-pyrrole nitrogens is 1. The molecule has 3 heterocycles. The van der Waals surface area contributed by atoms with Crippen molar-refractivity contribution in [1.29, 1.82) is 0 Å². The molecule has 1 amide bonds. The second-order valence-electron chi connectivity index (χ2n) is 6.41. The number of alkyl halides is 1. The van der Waals surface area contributed by atoms with Crippen LogP contribution in [0.15, 0.2) is 10.6 Å². The maximum absolute atomic E-state index is 13.4. The third-order valence-electron chi connectivity index (χ3n) is 4.59. The van der Waals surface area contributed by atoms with Gasteiger partial charge < -0.3 is 9.42 Å². The highest BCUT2D eigenvalue weighted by Crippen LogP contribution is 2.39. The highest BCUT2D eigenvalue weighted by Gasteiger charge is 2.39. The average molecular weight is 319 g/mol. The van der Waals surface area contributed by atoms with Gasteiger partial charge in [0.05, 0.1) is 6.67 Å². The van der Waals surface area contributed by atoms with E-state index in [2.05, 4.69) is 20.3 Å². The quantitative estimate of drug-likeness (QED) is 0.928. The summed E-state index contributed by atoms with van der Waals surface area (Å²) in [5, 5.41) is 10.9. The van der Waals surface area contributed by atoms with Crippen LogP contribution in [0, 0.1) is 12.8 Å². The molecule has 1 saturated heterocycles. The van der Waals surface area contributed by atoms with Crippen molar-refractivity contribution in [3.63, 3.8) is 0 Å². The molecule has 0 aromatic carbocycles. The highest BCUT2D eigenvalue weighted by atomic mass is 19.1. The van der Waals surface area contributed by atoms with Crippen molar-refractivity contribution in [1.82, 2.24) is 25.2 Å². The summed E-state index contributed by atoms with van der Waals surface area (Å²) in [6.45, 7) is 2.00. The van der Waals surface area contributed by atoms with E-state index in [0.29, 0.717) is 30.6 Å². The Balaban J connectivity index is 1.52. The van der Waals surface area contributed by atoms with E-state index in [1.54, 1.807) is 17.9 Å². The fourth-order valence-corrected chi connectivity index (χ4v) is 3.11. The van der Waals surface area contributed by atoms with Crippen LogP contribution in [0.3, 0.4) is 0 Å². The van der Waals surface area contributed by atoms with Crippen molar-refractivity contribution in [3.8, 4) is 0 Å². The zero-order chi connectivity index (χ0) is 16.0. The van der Waals surface area contributed by atoms with Gasteiger partial charge in [-0.1, -0.05) is 5.16 Å². The number of rotatable bonds is 4. The maximum Gasteiger partial charge on any atom is 0.276 e. The Morgan fingerprint density at radius 1 is 1.48 bits per heavy atom. The van der Waals surface area contributed by atoms with Crippen LogP contribution in [-0.4, -0.2) is 50.9 Å². The van der Waals surface area contributed by atoms with Crippen molar-refractivity contribution >= 4 is 5.91 Å². The molecule has 0 bridgehead atoms. The van der Waals surface area contributed by atoms with Gasteiger partial charge in [-0.3, -0.25) is 14.3 Å². The van der Waals surface area contributed by atoms with Gasteiger partial charge in [-0.25, -0.2) is 4.98 Å². The summed E-state index contributed by atoms with van der Waals surface area (Å²) < 4.78 is 18.4. The lowest BCUT2D eigenvalue weighted by Crippen LogP contribution is -2.29. The third-order valence-corrected chi connectivity index (χ3v) is 4.59. The normalized spacial score (nSPS) is 24.3. The molecule has 0 radical (unpaired) electrons. The summed E-state index contributed by atoms with van der Waals surface area (Å²) in [6.07, 6.45) is 2.23. The van der Waals surface area contributed by atoms with Crippen LogP contribution >= 0.6 is 0 Å². The number of nitrogens with one attached hydrogen (secondary N) is 1. The van der Waals surface area contributed by atoms with E-state index in [1.165, 1.54) is 0 Å². The Labute approximate surface area is 132 Å². The van der Waals surface area contributed by atoms with Gasteiger partial charge in [-0.15, -0.1) is 0 Å². The predicted molar refractivity (Wildman–Crippen MR) is 77.7 cm³/mol.